The average Bonchev–Trinajstić information content (AvgIpc) is 2.70. The van der Waals surface area contributed by atoms with E-state index in [9.17, 15) is 9.90 Å². The smallest absolute Gasteiger partial charge is 0.252 e. The number of carbonyl (C=O) groups is 1. The molecule has 0 atom stereocenters. The third-order valence-corrected chi connectivity index (χ3v) is 5.27. The molecule has 3 aromatic rings. The van der Waals surface area contributed by atoms with Crippen LogP contribution in [0.4, 0.5) is 11.4 Å². The summed E-state index contributed by atoms with van der Waals surface area (Å²) < 4.78 is 0. The van der Waals surface area contributed by atoms with Gasteiger partial charge in [0.05, 0.1) is 17.6 Å². The van der Waals surface area contributed by atoms with E-state index in [1.54, 1.807) is 34.9 Å². The summed E-state index contributed by atoms with van der Waals surface area (Å²) in [7, 11) is 0. The maximum Gasteiger partial charge on any atom is 0.252 e. The molecule has 3 aromatic carbocycles. The Kier molecular flexibility index (Phi) is 4.80. The summed E-state index contributed by atoms with van der Waals surface area (Å²) in [6.07, 6.45) is 1.50. The lowest BCUT2D eigenvalue weighted by Crippen LogP contribution is -2.35. The van der Waals surface area contributed by atoms with E-state index >= 15 is 0 Å². The predicted molar refractivity (Wildman–Crippen MR) is 108 cm³/mol. The zero-order valence-corrected chi connectivity index (χ0v) is 15.2. The van der Waals surface area contributed by atoms with Gasteiger partial charge in [0.15, 0.2) is 0 Å². The Morgan fingerprint density at radius 1 is 0.963 bits per heavy atom. The minimum Gasteiger partial charge on any atom is -0.507 e. The molecule has 1 aliphatic rings. The van der Waals surface area contributed by atoms with Crippen LogP contribution in [0.2, 0.25) is 0 Å². The summed E-state index contributed by atoms with van der Waals surface area (Å²) in [4.78, 5) is 16.7. The fourth-order valence-corrected chi connectivity index (χ4v) is 3.94. The van der Waals surface area contributed by atoms with Crippen LogP contribution in [-0.2, 0) is 4.79 Å². The lowest BCUT2D eigenvalue weighted by molar-refractivity contribution is -0.117. The van der Waals surface area contributed by atoms with Gasteiger partial charge in [-0.3, -0.25) is 9.69 Å². The largest absolute Gasteiger partial charge is 0.507 e. The van der Waals surface area contributed by atoms with Gasteiger partial charge in [-0.2, -0.15) is 5.10 Å². The number of fused-ring (bicyclic) bond motifs is 2. The van der Waals surface area contributed by atoms with Crippen molar-refractivity contribution in [2.75, 3.05) is 11.4 Å². The lowest BCUT2D eigenvalue weighted by Gasteiger charge is -2.30. The number of nitrogens with one attached hydrogen (secondary N) is 1. The molecule has 2 N–H and O–H groups in total. The van der Waals surface area contributed by atoms with Crippen molar-refractivity contribution in [3.63, 3.8) is 0 Å². The quantitative estimate of drug-likeness (QED) is 0.531. The van der Waals surface area contributed by atoms with Gasteiger partial charge >= 0.3 is 0 Å². The van der Waals surface area contributed by atoms with Crippen molar-refractivity contribution in [3.8, 4) is 5.75 Å². The molecular formula is C21H17N3O2S. The molecule has 27 heavy (non-hydrogen) atoms. The number of anilines is 2. The summed E-state index contributed by atoms with van der Waals surface area (Å²) in [6, 6.07) is 22.6. The van der Waals surface area contributed by atoms with Crippen LogP contribution in [0.25, 0.3) is 0 Å². The standard InChI is InChI=1S/C21H17N3O2S/c25-18-10-4-1-7-15(18)13-22-23-14-21(26)24-16-8-2-5-11-19(16)27-20-12-6-3-9-17(20)24/h1-13,23,25H,14H2/b22-13+. The van der Waals surface area contributed by atoms with Crippen LogP contribution in [-0.4, -0.2) is 23.8 Å². The first-order chi connectivity index (χ1) is 13.2. The van der Waals surface area contributed by atoms with E-state index < -0.39 is 0 Å². The molecule has 0 aliphatic carbocycles. The van der Waals surface area contributed by atoms with E-state index in [0.29, 0.717) is 5.56 Å². The maximum atomic E-state index is 12.9. The highest BCUT2D eigenvalue weighted by Crippen LogP contribution is 2.47. The number of hydrazone groups is 1. The number of carbonyl (C=O) groups excluding carboxylic acids is 1. The molecule has 0 unspecified atom stereocenters. The molecule has 0 fully saturated rings. The van der Waals surface area contributed by atoms with E-state index in [2.05, 4.69) is 10.5 Å². The highest BCUT2D eigenvalue weighted by Gasteiger charge is 2.27. The Morgan fingerprint density at radius 2 is 1.56 bits per heavy atom. The number of rotatable bonds is 4. The number of benzene rings is 3. The van der Waals surface area contributed by atoms with Crippen LogP contribution in [0, 0.1) is 0 Å². The van der Waals surface area contributed by atoms with Gasteiger partial charge < -0.3 is 10.5 Å². The van der Waals surface area contributed by atoms with Crippen LogP contribution in [0.15, 0.2) is 87.7 Å². The van der Waals surface area contributed by atoms with Crippen LogP contribution >= 0.6 is 11.8 Å². The van der Waals surface area contributed by atoms with Crippen LogP contribution < -0.4 is 10.3 Å². The zero-order valence-electron chi connectivity index (χ0n) is 14.4. The summed E-state index contributed by atoms with van der Waals surface area (Å²) in [5.41, 5.74) is 5.11. The minimum atomic E-state index is -0.107. The Bertz CT molecular complexity index is 974. The van der Waals surface area contributed by atoms with Crippen molar-refractivity contribution >= 4 is 35.3 Å². The van der Waals surface area contributed by atoms with Crippen molar-refractivity contribution < 1.29 is 9.90 Å². The molecule has 0 saturated heterocycles. The second-order valence-electron chi connectivity index (χ2n) is 5.92. The molecule has 5 nitrogen and oxygen atoms in total. The number of hydrogen-bond donors (Lipinski definition) is 2. The molecule has 1 heterocycles. The van der Waals surface area contributed by atoms with Gasteiger partial charge in [0.2, 0.25) is 0 Å². The van der Waals surface area contributed by atoms with Gasteiger partial charge in [0, 0.05) is 15.4 Å². The van der Waals surface area contributed by atoms with E-state index in [4.69, 9.17) is 0 Å². The number of amides is 1. The number of phenols is 1. The summed E-state index contributed by atoms with van der Waals surface area (Å²) >= 11 is 1.66. The Morgan fingerprint density at radius 3 is 2.22 bits per heavy atom. The highest BCUT2D eigenvalue weighted by molar-refractivity contribution is 7.99. The van der Waals surface area contributed by atoms with Gasteiger partial charge in [-0.15, -0.1) is 0 Å². The molecule has 1 amide bonds. The number of aromatic hydroxyl groups is 1. The molecule has 0 saturated carbocycles. The van der Waals surface area contributed by atoms with E-state index in [1.165, 1.54) is 6.21 Å². The second kappa shape index (κ2) is 7.55. The lowest BCUT2D eigenvalue weighted by atomic mass is 10.2. The third kappa shape index (κ3) is 3.52. The monoisotopic (exact) mass is 375 g/mol. The topological polar surface area (TPSA) is 64.9 Å². The number of nitrogens with zero attached hydrogens (tertiary/aromatic N) is 2. The van der Waals surface area contributed by atoms with E-state index in [0.717, 1.165) is 21.2 Å². The van der Waals surface area contributed by atoms with Gasteiger partial charge in [-0.25, -0.2) is 0 Å². The predicted octanol–water partition coefficient (Wildman–Crippen LogP) is 4.15. The summed E-state index contributed by atoms with van der Waals surface area (Å²) in [6.45, 7) is 0.0391. The average molecular weight is 375 g/mol. The van der Waals surface area contributed by atoms with Crippen molar-refractivity contribution in [1.29, 1.82) is 0 Å². The van der Waals surface area contributed by atoms with Gasteiger partial charge in [-0.05, 0) is 36.4 Å². The van der Waals surface area contributed by atoms with Crippen molar-refractivity contribution in [2.45, 2.75) is 9.79 Å². The molecular weight excluding hydrogens is 358 g/mol. The molecule has 0 radical (unpaired) electrons. The minimum absolute atomic E-state index is 0.0391. The fraction of sp³-hybridized carbons (Fsp3) is 0.0476. The summed E-state index contributed by atoms with van der Waals surface area (Å²) in [5.74, 6) is 0.0370. The van der Waals surface area contributed by atoms with Crippen LogP contribution in [0.1, 0.15) is 5.56 Å². The Balaban J connectivity index is 1.53. The molecule has 134 valence electrons. The first-order valence-electron chi connectivity index (χ1n) is 8.47. The Hall–Kier alpha value is -3.25. The number of phenolic OH excluding ortho intramolecular Hbond substituents is 1. The number of hydrogen-bond acceptors (Lipinski definition) is 5. The van der Waals surface area contributed by atoms with Crippen LogP contribution in [0.3, 0.4) is 0 Å². The zero-order chi connectivity index (χ0) is 18.6. The second-order valence-corrected chi connectivity index (χ2v) is 7.00. The van der Waals surface area contributed by atoms with Crippen LogP contribution in [0.5, 0.6) is 5.75 Å². The molecule has 4 rings (SSSR count). The molecule has 1 aliphatic heterocycles. The molecule has 0 aromatic heterocycles. The third-order valence-electron chi connectivity index (χ3n) is 4.14. The highest BCUT2D eigenvalue weighted by atomic mass is 32.2. The van der Waals surface area contributed by atoms with E-state index in [1.807, 2.05) is 54.6 Å². The maximum absolute atomic E-state index is 12.9. The fourth-order valence-electron chi connectivity index (χ4n) is 2.88. The van der Waals surface area contributed by atoms with Gasteiger partial charge in [-0.1, -0.05) is 48.2 Å². The Labute approximate surface area is 161 Å². The first-order valence-corrected chi connectivity index (χ1v) is 9.28. The van der Waals surface area contributed by atoms with Gasteiger partial charge in [0.25, 0.3) is 5.91 Å². The normalized spacial score (nSPS) is 12.5. The van der Waals surface area contributed by atoms with Crippen molar-refractivity contribution in [1.82, 2.24) is 5.43 Å². The summed E-state index contributed by atoms with van der Waals surface area (Å²) in [5, 5.41) is 13.8. The first kappa shape index (κ1) is 17.2. The van der Waals surface area contributed by atoms with Gasteiger partial charge in [0.1, 0.15) is 12.3 Å². The number of para-hydroxylation sites is 3. The van der Waals surface area contributed by atoms with E-state index in [-0.39, 0.29) is 18.2 Å². The molecule has 0 bridgehead atoms. The van der Waals surface area contributed by atoms with Crippen molar-refractivity contribution in [3.05, 3.63) is 78.4 Å². The molecule has 6 heteroatoms. The molecule has 0 spiro atoms. The van der Waals surface area contributed by atoms with Crippen molar-refractivity contribution in [2.24, 2.45) is 5.10 Å². The SMILES string of the molecule is O=C(CN/N=C/c1ccccc1O)N1c2ccccc2Sc2ccccc21.